The Bertz CT molecular complexity index is 151. The van der Waals surface area contributed by atoms with Crippen molar-refractivity contribution in [3.63, 3.8) is 0 Å². The normalized spacial score (nSPS) is 29.1. The van der Waals surface area contributed by atoms with Crippen molar-refractivity contribution < 1.29 is 9.53 Å². The summed E-state index contributed by atoms with van der Waals surface area (Å²) >= 11 is 0. The number of amides is 1. The van der Waals surface area contributed by atoms with Crippen LogP contribution in [0.5, 0.6) is 0 Å². The van der Waals surface area contributed by atoms with Crippen LogP contribution in [0.3, 0.4) is 0 Å². The first-order valence-corrected chi connectivity index (χ1v) is 3.28. The van der Waals surface area contributed by atoms with Gasteiger partial charge in [0.15, 0.2) is 0 Å². The Hall–Kier alpha value is -0.730. The lowest BCUT2D eigenvalue weighted by atomic mass is 9.81. The molecule has 0 aromatic rings. The topological polar surface area (TPSA) is 38.3 Å². The van der Waals surface area contributed by atoms with Gasteiger partial charge in [0.25, 0.3) is 0 Å². The summed E-state index contributed by atoms with van der Waals surface area (Å²) in [7, 11) is 0. The zero-order chi connectivity index (χ0) is 6.32. The molecule has 50 valence electrons. The molecule has 2 rings (SSSR count). The summed E-state index contributed by atoms with van der Waals surface area (Å²) in [5.74, 6) is 0. The maximum atomic E-state index is 10.5. The molecule has 1 heterocycles. The van der Waals surface area contributed by atoms with Gasteiger partial charge in [-0.1, -0.05) is 0 Å². The van der Waals surface area contributed by atoms with E-state index in [4.69, 9.17) is 4.74 Å². The van der Waals surface area contributed by atoms with Gasteiger partial charge < -0.3 is 10.1 Å². The lowest BCUT2D eigenvalue weighted by Crippen LogP contribution is -2.40. The first-order valence-electron chi connectivity index (χ1n) is 3.28. The van der Waals surface area contributed by atoms with Crippen LogP contribution in [-0.2, 0) is 4.74 Å². The van der Waals surface area contributed by atoms with E-state index in [2.05, 4.69) is 5.32 Å². The number of carbonyl (C=O) groups excluding carboxylic acids is 1. The molecule has 1 saturated heterocycles. The highest BCUT2D eigenvalue weighted by Crippen LogP contribution is 2.37. The van der Waals surface area contributed by atoms with E-state index in [1.807, 2.05) is 0 Å². The fourth-order valence-corrected chi connectivity index (χ4v) is 1.35. The molecule has 9 heavy (non-hydrogen) atoms. The predicted molar refractivity (Wildman–Crippen MR) is 31.1 cm³/mol. The lowest BCUT2D eigenvalue weighted by Gasteiger charge is -2.34. The SMILES string of the molecule is O=C1NCC2(CCC2)O1. The monoisotopic (exact) mass is 127 g/mol. The Morgan fingerprint density at radius 2 is 2.33 bits per heavy atom. The summed E-state index contributed by atoms with van der Waals surface area (Å²) in [5, 5.41) is 2.65. The molecule has 0 aromatic heterocycles. The van der Waals surface area contributed by atoms with Crippen LogP contribution in [0.1, 0.15) is 19.3 Å². The van der Waals surface area contributed by atoms with E-state index < -0.39 is 0 Å². The average molecular weight is 127 g/mol. The van der Waals surface area contributed by atoms with E-state index >= 15 is 0 Å². The van der Waals surface area contributed by atoms with E-state index in [0.717, 1.165) is 19.4 Å². The molecule has 1 saturated carbocycles. The average Bonchev–Trinajstić information content (AvgIpc) is 2.09. The number of hydrogen-bond donors (Lipinski definition) is 1. The predicted octanol–water partition coefficient (Wildman–Crippen LogP) is 0.649. The number of nitrogens with one attached hydrogen (secondary N) is 1. The molecule has 2 aliphatic rings. The Morgan fingerprint density at radius 1 is 1.56 bits per heavy atom. The highest BCUT2D eigenvalue weighted by molar-refractivity contribution is 5.70. The highest BCUT2D eigenvalue weighted by atomic mass is 16.6. The van der Waals surface area contributed by atoms with Crippen LogP contribution >= 0.6 is 0 Å². The van der Waals surface area contributed by atoms with Crippen molar-refractivity contribution >= 4 is 6.09 Å². The molecule has 1 aliphatic heterocycles. The Kier molecular flexibility index (Phi) is 0.793. The maximum Gasteiger partial charge on any atom is 0.407 e. The molecule has 0 atom stereocenters. The van der Waals surface area contributed by atoms with E-state index in [-0.39, 0.29) is 11.7 Å². The Balaban J connectivity index is 2.07. The zero-order valence-electron chi connectivity index (χ0n) is 5.14. The third-order valence-electron chi connectivity index (χ3n) is 2.13. The van der Waals surface area contributed by atoms with E-state index in [1.165, 1.54) is 6.42 Å². The Morgan fingerprint density at radius 3 is 2.56 bits per heavy atom. The van der Waals surface area contributed by atoms with Gasteiger partial charge in [0, 0.05) is 0 Å². The second kappa shape index (κ2) is 1.40. The standard InChI is InChI=1S/C6H9NO2/c8-5-7-4-6(9-5)2-1-3-6/h1-4H2,(H,7,8). The molecule has 3 nitrogen and oxygen atoms in total. The van der Waals surface area contributed by atoms with Crippen molar-refractivity contribution in [2.75, 3.05) is 6.54 Å². The molecule has 0 aromatic carbocycles. The van der Waals surface area contributed by atoms with Gasteiger partial charge >= 0.3 is 6.09 Å². The summed E-state index contributed by atoms with van der Waals surface area (Å²) < 4.78 is 5.03. The van der Waals surface area contributed by atoms with E-state index in [0.29, 0.717) is 0 Å². The van der Waals surface area contributed by atoms with Crippen LogP contribution in [0, 0.1) is 0 Å². The molecule has 1 N–H and O–H groups in total. The second-order valence-corrected chi connectivity index (χ2v) is 2.78. The van der Waals surface area contributed by atoms with Crippen molar-refractivity contribution in [3.05, 3.63) is 0 Å². The summed E-state index contributed by atoms with van der Waals surface area (Å²) in [5.41, 5.74) is -0.0723. The van der Waals surface area contributed by atoms with E-state index in [9.17, 15) is 4.79 Å². The third kappa shape index (κ3) is 0.605. The minimum absolute atomic E-state index is 0.0723. The van der Waals surface area contributed by atoms with Gasteiger partial charge in [-0.3, -0.25) is 0 Å². The van der Waals surface area contributed by atoms with Crippen molar-refractivity contribution in [1.82, 2.24) is 5.32 Å². The fraction of sp³-hybridized carbons (Fsp3) is 0.833. The molecule has 1 aliphatic carbocycles. The largest absolute Gasteiger partial charge is 0.441 e. The summed E-state index contributed by atoms with van der Waals surface area (Å²) in [6, 6.07) is 0. The fourth-order valence-electron chi connectivity index (χ4n) is 1.35. The molecule has 2 fully saturated rings. The summed E-state index contributed by atoms with van der Waals surface area (Å²) in [6.45, 7) is 0.728. The number of ether oxygens (including phenoxy) is 1. The van der Waals surface area contributed by atoms with Gasteiger partial charge in [0.05, 0.1) is 6.54 Å². The molecule has 0 unspecified atom stereocenters. The number of hydrogen-bond acceptors (Lipinski definition) is 2. The minimum Gasteiger partial charge on any atom is -0.441 e. The van der Waals surface area contributed by atoms with Crippen LogP contribution in [0.15, 0.2) is 0 Å². The number of alkyl carbamates (subject to hydrolysis) is 1. The first-order chi connectivity index (χ1) is 4.31. The van der Waals surface area contributed by atoms with Gasteiger partial charge in [0.2, 0.25) is 0 Å². The zero-order valence-corrected chi connectivity index (χ0v) is 5.14. The van der Waals surface area contributed by atoms with Crippen molar-refractivity contribution in [2.45, 2.75) is 24.9 Å². The van der Waals surface area contributed by atoms with Crippen molar-refractivity contribution in [2.24, 2.45) is 0 Å². The molecular weight excluding hydrogens is 118 g/mol. The summed E-state index contributed by atoms with van der Waals surface area (Å²) in [6.07, 6.45) is 3.06. The smallest absolute Gasteiger partial charge is 0.407 e. The van der Waals surface area contributed by atoms with Crippen LogP contribution in [0.2, 0.25) is 0 Å². The third-order valence-corrected chi connectivity index (χ3v) is 2.13. The molecule has 1 amide bonds. The van der Waals surface area contributed by atoms with E-state index in [1.54, 1.807) is 0 Å². The van der Waals surface area contributed by atoms with Crippen molar-refractivity contribution in [1.29, 1.82) is 0 Å². The van der Waals surface area contributed by atoms with Gasteiger partial charge in [-0.2, -0.15) is 0 Å². The number of rotatable bonds is 0. The van der Waals surface area contributed by atoms with Crippen LogP contribution < -0.4 is 5.32 Å². The van der Waals surface area contributed by atoms with Crippen LogP contribution in [-0.4, -0.2) is 18.2 Å². The Labute approximate surface area is 53.4 Å². The molecule has 1 spiro atoms. The van der Waals surface area contributed by atoms with Crippen molar-refractivity contribution in [3.8, 4) is 0 Å². The maximum absolute atomic E-state index is 10.5. The molecule has 0 radical (unpaired) electrons. The lowest BCUT2D eigenvalue weighted by molar-refractivity contribution is -0.00656. The molecular formula is C6H9NO2. The van der Waals surface area contributed by atoms with Crippen LogP contribution in [0.4, 0.5) is 4.79 Å². The van der Waals surface area contributed by atoms with Gasteiger partial charge in [-0.05, 0) is 19.3 Å². The minimum atomic E-state index is -0.241. The first kappa shape index (κ1) is 5.09. The molecule has 3 heteroatoms. The second-order valence-electron chi connectivity index (χ2n) is 2.78. The number of carbonyl (C=O) groups is 1. The molecule has 0 bridgehead atoms. The highest BCUT2D eigenvalue weighted by Gasteiger charge is 2.45. The van der Waals surface area contributed by atoms with Crippen LogP contribution in [0.25, 0.3) is 0 Å². The van der Waals surface area contributed by atoms with Gasteiger partial charge in [-0.25, -0.2) is 4.79 Å². The quantitative estimate of drug-likeness (QED) is 0.518. The van der Waals surface area contributed by atoms with Gasteiger partial charge in [-0.15, -0.1) is 0 Å². The van der Waals surface area contributed by atoms with Gasteiger partial charge in [0.1, 0.15) is 5.60 Å². The summed E-state index contributed by atoms with van der Waals surface area (Å²) in [4.78, 5) is 10.5.